The minimum absolute atomic E-state index is 0.0496. The van der Waals surface area contributed by atoms with Crippen molar-refractivity contribution in [3.63, 3.8) is 0 Å². The maximum atomic E-state index is 14.7. The number of hydrogen-bond donors (Lipinski definition) is 1. The molecule has 3 amide bonds. The Hall–Kier alpha value is -5.45. The zero-order chi connectivity index (χ0) is 32.8. The highest BCUT2D eigenvalue weighted by Crippen LogP contribution is 2.37. The highest BCUT2D eigenvalue weighted by Gasteiger charge is 2.47. The Balaban J connectivity index is 2.00. The van der Waals surface area contributed by atoms with E-state index in [1.165, 1.54) is 25.3 Å². The van der Waals surface area contributed by atoms with Crippen LogP contribution in [0.5, 0.6) is 11.5 Å². The SMILES string of the molecule is COc1ccc(C2=CN(C(=O)c3ccccc3)C(C(C)C)C(=O)N2N(C(C)=O)[C@@H](Cc2ccccc2)C(=O)C(=O)O)cc1OC. The number of hydrogen-bond acceptors (Lipinski definition) is 7. The summed E-state index contributed by atoms with van der Waals surface area (Å²) in [5.41, 5.74) is 1.29. The number of rotatable bonds is 11. The molecule has 1 unspecified atom stereocenters. The molecule has 0 saturated carbocycles. The minimum atomic E-state index is -1.76. The molecule has 1 heterocycles. The molecule has 234 valence electrons. The smallest absolute Gasteiger partial charge is 0.374 e. The van der Waals surface area contributed by atoms with Crippen molar-refractivity contribution < 1.29 is 38.6 Å². The average Bonchev–Trinajstić information content (AvgIpc) is 3.04. The number of hydrazine groups is 1. The lowest BCUT2D eigenvalue weighted by molar-refractivity contribution is -0.169. The van der Waals surface area contributed by atoms with Crippen LogP contribution in [0.2, 0.25) is 0 Å². The van der Waals surface area contributed by atoms with Crippen LogP contribution in [0.15, 0.2) is 85.1 Å². The second kappa shape index (κ2) is 13.9. The van der Waals surface area contributed by atoms with Gasteiger partial charge in [0.15, 0.2) is 11.5 Å². The van der Waals surface area contributed by atoms with E-state index in [4.69, 9.17) is 9.47 Å². The Morgan fingerprint density at radius 1 is 0.889 bits per heavy atom. The molecule has 1 aliphatic heterocycles. The first-order valence-corrected chi connectivity index (χ1v) is 14.3. The summed E-state index contributed by atoms with van der Waals surface area (Å²) in [5.74, 6) is -4.72. The molecule has 0 bridgehead atoms. The molecule has 45 heavy (non-hydrogen) atoms. The number of nitrogens with zero attached hydrogens (tertiary/aromatic N) is 3. The highest BCUT2D eigenvalue weighted by molar-refractivity contribution is 6.35. The van der Waals surface area contributed by atoms with Gasteiger partial charge in [-0.3, -0.25) is 24.1 Å². The summed E-state index contributed by atoms with van der Waals surface area (Å²) in [6, 6.07) is 19.1. The van der Waals surface area contributed by atoms with Crippen LogP contribution in [0.25, 0.3) is 5.70 Å². The lowest BCUT2D eigenvalue weighted by atomic mass is 9.96. The number of carbonyl (C=O) groups excluding carboxylic acids is 4. The lowest BCUT2D eigenvalue weighted by Crippen LogP contribution is -2.64. The Kier molecular flexibility index (Phi) is 10.0. The summed E-state index contributed by atoms with van der Waals surface area (Å²) in [4.78, 5) is 68.8. The van der Waals surface area contributed by atoms with Crippen LogP contribution < -0.4 is 9.47 Å². The van der Waals surface area contributed by atoms with Gasteiger partial charge in [0.25, 0.3) is 17.6 Å². The number of carboxylic acid groups (broad SMARTS) is 1. The molecule has 1 N–H and O–H groups in total. The average molecular weight is 614 g/mol. The van der Waals surface area contributed by atoms with E-state index in [0.29, 0.717) is 28.2 Å². The number of Topliss-reactive ketones (excluding diaryl/α,β-unsaturated/α-hetero) is 1. The van der Waals surface area contributed by atoms with Crippen molar-refractivity contribution >= 4 is 35.2 Å². The van der Waals surface area contributed by atoms with Crippen molar-refractivity contribution in [2.45, 2.75) is 39.3 Å². The number of carboxylic acids is 1. The van der Waals surface area contributed by atoms with Crippen LogP contribution >= 0.6 is 0 Å². The first-order valence-electron chi connectivity index (χ1n) is 14.3. The third-order valence-electron chi connectivity index (χ3n) is 7.44. The first kappa shape index (κ1) is 32.5. The van der Waals surface area contributed by atoms with Crippen molar-refractivity contribution in [3.8, 4) is 11.5 Å². The van der Waals surface area contributed by atoms with Crippen molar-refractivity contribution in [2.75, 3.05) is 14.2 Å². The summed E-state index contributed by atoms with van der Waals surface area (Å²) in [5, 5.41) is 11.7. The van der Waals surface area contributed by atoms with E-state index in [-0.39, 0.29) is 12.1 Å². The number of ketones is 1. The fraction of sp³-hybridized carbons (Fsp3) is 0.265. The fourth-order valence-electron chi connectivity index (χ4n) is 5.34. The van der Waals surface area contributed by atoms with Crippen molar-refractivity contribution in [1.82, 2.24) is 14.9 Å². The van der Waals surface area contributed by atoms with Crippen LogP contribution in [0.3, 0.4) is 0 Å². The van der Waals surface area contributed by atoms with Gasteiger partial charge < -0.3 is 14.6 Å². The van der Waals surface area contributed by atoms with E-state index < -0.39 is 47.5 Å². The highest BCUT2D eigenvalue weighted by atomic mass is 16.5. The van der Waals surface area contributed by atoms with Crippen LogP contribution in [-0.4, -0.2) is 75.8 Å². The van der Waals surface area contributed by atoms with Crippen LogP contribution in [0.1, 0.15) is 42.3 Å². The molecule has 0 aromatic heterocycles. The Bertz CT molecular complexity index is 1620. The third kappa shape index (κ3) is 6.72. The molecule has 0 radical (unpaired) electrons. The third-order valence-corrected chi connectivity index (χ3v) is 7.44. The second-order valence-electron chi connectivity index (χ2n) is 10.7. The lowest BCUT2D eigenvalue weighted by Gasteiger charge is -2.46. The Morgan fingerprint density at radius 3 is 2.02 bits per heavy atom. The summed E-state index contributed by atoms with van der Waals surface area (Å²) in [7, 11) is 2.90. The molecule has 0 aliphatic carbocycles. The molecule has 0 fully saturated rings. The molecular formula is C34H35N3O8. The maximum Gasteiger partial charge on any atom is 0.374 e. The molecular weight excluding hydrogens is 578 g/mol. The quantitative estimate of drug-likeness (QED) is 0.321. The van der Waals surface area contributed by atoms with Crippen LogP contribution in [0, 0.1) is 5.92 Å². The van der Waals surface area contributed by atoms with Crippen LogP contribution in [-0.2, 0) is 25.6 Å². The van der Waals surface area contributed by atoms with Gasteiger partial charge >= 0.3 is 5.97 Å². The maximum absolute atomic E-state index is 14.7. The van der Waals surface area contributed by atoms with Gasteiger partial charge in [0, 0.05) is 30.7 Å². The number of ether oxygens (including phenoxy) is 2. The van der Waals surface area contributed by atoms with Gasteiger partial charge in [-0.15, -0.1) is 0 Å². The van der Waals surface area contributed by atoms with E-state index in [0.717, 1.165) is 16.9 Å². The monoisotopic (exact) mass is 613 g/mol. The van der Waals surface area contributed by atoms with Crippen molar-refractivity contribution in [2.24, 2.45) is 5.92 Å². The molecule has 0 spiro atoms. The van der Waals surface area contributed by atoms with Gasteiger partial charge in [-0.2, -0.15) is 0 Å². The number of benzene rings is 3. The summed E-state index contributed by atoms with van der Waals surface area (Å²) < 4.78 is 10.9. The van der Waals surface area contributed by atoms with Gasteiger partial charge in [-0.1, -0.05) is 62.4 Å². The zero-order valence-electron chi connectivity index (χ0n) is 25.7. The molecule has 11 heteroatoms. The number of methoxy groups -OCH3 is 2. The zero-order valence-corrected chi connectivity index (χ0v) is 25.7. The van der Waals surface area contributed by atoms with Gasteiger partial charge in [-0.25, -0.2) is 14.8 Å². The minimum Gasteiger partial charge on any atom is -0.493 e. The van der Waals surface area contributed by atoms with Gasteiger partial charge in [0.2, 0.25) is 5.91 Å². The van der Waals surface area contributed by atoms with Gasteiger partial charge in [-0.05, 0) is 41.8 Å². The van der Waals surface area contributed by atoms with Gasteiger partial charge in [0.05, 0.1) is 19.9 Å². The van der Waals surface area contributed by atoms with E-state index in [9.17, 15) is 29.1 Å². The summed E-state index contributed by atoms with van der Waals surface area (Å²) in [6.45, 7) is 4.66. The fourth-order valence-corrected chi connectivity index (χ4v) is 5.34. The molecule has 3 aromatic rings. The van der Waals surface area contributed by atoms with E-state index in [1.54, 1.807) is 92.7 Å². The Labute approximate surface area is 261 Å². The molecule has 2 atom stereocenters. The predicted octanol–water partition coefficient (Wildman–Crippen LogP) is 4.04. The summed E-state index contributed by atoms with van der Waals surface area (Å²) in [6.07, 6.45) is 1.26. The second-order valence-corrected chi connectivity index (χ2v) is 10.7. The molecule has 1 aliphatic rings. The largest absolute Gasteiger partial charge is 0.493 e. The first-order chi connectivity index (χ1) is 21.5. The number of amides is 3. The van der Waals surface area contributed by atoms with E-state index >= 15 is 0 Å². The molecule has 11 nitrogen and oxygen atoms in total. The van der Waals surface area contributed by atoms with E-state index in [2.05, 4.69) is 0 Å². The number of carbonyl (C=O) groups is 5. The number of aliphatic carboxylic acids is 1. The van der Waals surface area contributed by atoms with Crippen LogP contribution in [0.4, 0.5) is 0 Å². The normalized spacial score (nSPS) is 15.3. The molecule has 0 saturated heterocycles. The topological polar surface area (TPSA) is 134 Å². The summed E-state index contributed by atoms with van der Waals surface area (Å²) >= 11 is 0. The van der Waals surface area contributed by atoms with Crippen molar-refractivity contribution in [1.29, 1.82) is 0 Å². The van der Waals surface area contributed by atoms with E-state index in [1.807, 2.05) is 0 Å². The van der Waals surface area contributed by atoms with Crippen molar-refractivity contribution in [3.05, 3.63) is 102 Å². The Morgan fingerprint density at radius 2 is 1.49 bits per heavy atom. The molecule has 3 aromatic carbocycles. The standard InChI is InChI=1S/C34H35N3O8/c1-21(2)30-33(41)37(36(22(3)38)26(31(39)34(42)43)18-23-12-8-6-9-13-23)27(25-16-17-28(44-4)29(19-25)45-5)20-35(30)32(40)24-14-10-7-11-15-24/h6-17,19-21,26,30H,18H2,1-5H3,(H,42,43)/t26-,30?/m0/s1. The van der Waals surface area contributed by atoms with Gasteiger partial charge in [0.1, 0.15) is 12.1 Å². The molecule has 4 rings (SSSR count). The predicted molar refractivity (Wildman–Crippen MR) is 165 cm³/mol.